The molecule has 0 spiro atoms. The highest BCUT2D eigenvalue weighted by molar-refractivity contribution is 9.10. The zero-order chi connectivity index (χ0) is 14.7. The third-order valence-electron chi connectivity index (χ3n) is 2.85. The normalized spacial score (nSPS) is 10.6. The van der Waals surface area contributed by atoms with E-state index in [0.29, 0.717) is 23.3 Å². The van der Waals surface area contributed by atoms with E-state index < -0.39 is 0 Å². The molecule has 21 heavy (non-hydrogen) atoms. The van der Waals surface area contributed by atoms with E-state index in [9.17, 15) is 0 Å². The first-order chi connectivity index (χ1) is 10.2. The summed E-state index contributed by atoms with van der Waals surface area (Å²) >= 11 is 9.34. The van der Waals surface area contributed by atoms with E-state index in [1.54, 1.807) is 0 Å². The summed E-state index contributed by atoms with van der Waals surface area (Å²) in [6.45, 7) is 0.452. The summed E-state index contributed by atoms with van der Waals surface area (Å²) < 4.78 is 6.46. The number of hydrogen-bond acceptors (Lipinski definition) is 4. The van der Waals surface area contributed by atoms with Gasteiger partial charge in [0.05, 0.1) is 11.6 Å². The Morgan fingerprint density at radius 2 is 1.90 bits per heavy atom. The molecule has 0 saturated carbocycles. The highest BCUT2D eigenvalue weighted by atomic mass is 79.9. The molecule has 106 valence electrons. The maximum atomic E-state index is 5.95. The monoisotopic (exact) mass is 363 g/mol. The second kappa shape index (κ2) is 6.28. The standard InChI is InChI=1S/C15H11BrClN3O/c16-12-8-11(6-7-13(12)17)18-9-14-19-20-15(21-14)10-4-2-1-3-5-10/h1-8,18H,9H2. The van der Waals surface area contributed by atoms with Crippen molar-refractivity contribution in [3.8, 4) is 11.5 Å². The Labute approximate surface area is 135 Å². The first-order valence-corrected chi connectivity index (χ1v) is 7.46. The van der Waals surface area contributed by atoms with Gasteiger partial charge in [0, 0.05) is 15.7 Å². The maximum Gasteiger partial charge on any atom is 0.247 e. The summed E-state index contributed by atoms with van der Waals surface area (Å²) in [6.07, 6.45) is 0. The molecule has 0 bridgehead atoms. The van der Waals surface area contributed by atoms with Gasteiger partial charge in [-0.2, -0.15) is 0 Å². The molecule has 0 saturated heterocycles. The van der Waals surface area contributed by atoms with Gasteiger partial charge in [-0.25, -0.2) is 0 Å². The van der Waals surface area contributed by atoms with Gasteiger partial charge in [-0.1, -0.05) is 29.8 Å². The summed E-state index contributed by atoms with van der Waals surface area (Å²) in [6, 6.07) is 15.3. The van der Waals surface area contributed by atoms with Crippen LogP contribution in [0.15, 0.2) is 57.4 Å². The van der Waals surface area contributed by atoms with Gasteiger partial charge < -0.3 is 9.73 Å². The quantitative estimate of drug-likeness (QED) is 0.725. The van der Waals surface area contributed by atoms with E-state index in [0.717, 1.165) is 15.7 Å². The van der Waals surface area contributed by atoms with Crippen molar-refractivity contribution >= 4 is 33.2 Å². The SMILES string of the molecule is Clc1ccc(NCc2nnc(-c3ccccc3)o2)cc1Br. The van der Waals surface area contributed by atoms with Crippen molar-refractivity contribution in [2.45, 2.75) is 6.54 Å². The number of hydrogen-bond donors (Lipinski definition) is 1. The minimum absolute atomic E-state index is 0.452. The van der Waals surface area contributed by atoms with E-state index in [1.807, 2.05) is 48.5 Å². The third-order valence-corrected chi connectivity index (χ3v) is 4.06. The summed E-state index contributed by atoms with van der Waals surface area (Å²) in [7, 11) is 0. The molecule has 4 nitrogen and oxygen atoms in total. The first kappa shape index (κ1) is 14.1. The molecule has 6 heteroatoms. The zero-order valence-corrected chi connectivity index (χ0v) is 13.2. The van der Waals surface area contributed by atoms with Crippen LogP contribution in [0.25, 0.3) is 11.5 Å². The average molecular weight is 365 g/mol. The van der Waals surface area contributed by atoms with Gasteiger partial charge in [-0.05, 0) is 46.3 Å². The summed E-state index contributed by atoms with van der Waals surface area (Å²) in [5, 5.41) is 12.0. The Bertz CT molecular complexity index is 746. The molecule has 0 radical (unpaired) electrons. The summed E-state index contributed by atoms with van der Waals surface area (Å²) in [5.41, 5.74) is 1.83. The number of nitrogens with zero attached hydrogens (tertiary/aromatic N) is 2. The molecule has 1 aromatic heterocycles. The van der Waals surface area contributed by atoms with Crippen LogP contribution in [0, 0.1) is 0 Å². The van der Waals surface area contributed by atoms with Crippen LogP contribution in [0.2, 0.25) is 5.02 Å². The predicted octanol–water partition coefficient (Wildman–Crippen LogP) is 4.76. The minimum atomic E-state index is 0.452. The Kier molecular flexibility index (Phi) is 4.22. The number of anilines is 1. The Morgan fingerprint density at radius 3 is 2.67 bits per heavy atom. The molecule has 0 amide bonds. The van der Waals surface area contributed by atoms with Crippen molar-refractivity contribution in [1.29, 1.82) is 0 Å². The lowest BCUT2D eigenvalue weighted by molar-refractivity contribution is 0.515. The van der Waals surface area contributed by atoms with Crippen molar-refractivity contribution in [2.75, 3.05) is 5.32 Å². The highest BCUT2D eigenvalue weighted by Crippen LogP contribution is 2.26. The summed E-state index contributed by atoms with van der Waals surface area (Å²) in [5.74, 6) is 1.05. The molecule has 0 aliphatic rings. The number of nitrogens with one attached hydrogen (secondary N) is 1. The molecule has 3 aromatic rings. The number of benzene rings is 2. The van der Waals surface area contributed by atoms with Gasteiger partial charge in [0.1, 0.15) is 0 Å². The van der Waals surface area contributed by atoms with Crippen molar-refractivity contribution in [1.82, 2.24) is 10.2 Å². The molecule has 0 aliphatic carbocycles. The topological polar surface area (TPSA) is 51.0 Å². The van der Waals surface area contributed by atoms with Gasteiger partial charge in [-0.3, -0.25) is 0 Å². The minimum Gasteiger partial charge on any atom is -0.419 e. The molecular formula is C15H11BrClN3O. The van der Waals surface area contributed by atoms with Crippen molar-refractivity contribution in [3.05, 3.63) is 63.9 Å². The van der Waals surface area contributed by atoms with Crippen molar-refractivity contribution in [3.63, 3.8) is 0 Å². The van der Waals surface area contributed by atoms with Gasteiger partial charge in [0.2, 0.25) is 11.8 Å². The van der Waals surface area contributed by atoms with Crippen molar-refractivity contribution < 1.29 is 4.42 Å². The zero-order valence-electron chi connectivity index (χ0n) is 10.9. The first-order valence-electron chi connectivity index (χ1n) is 6.29. The average Bonchev–Trinajstić information content (AvgIpc) is 2.98. The molecule has 1 N–H and O–H groups in total. The molecule has 1 heterocycles. The van der Waals surface area contributed by atoms with Crippen LogP contribution in [0.4, 0.5) is 5.69 Å². The molecule has 0 unspecified atom stereocenters. The van der Waals surface area contributed by atoms with Crippen LogP contribution < -0.4 is 5.32 Å². The fraction of sp³-hybridized carbons (Fsp3) is 0.0667. The van der Waals surface area contributed by atoms with Crippen LogP contribution in [0.1, 0.15) is 5.89 Å². The Hall–Kier alpha value is -1.85. The van der Waals surface area contributed by atoms with Crippen molar-refractivity contribution in [2.24, 2.45) is 0 Å². The molecular weight excluding hydrogens is 354 g/mol. The molecule has 0 aliphatic heterocycles. The number of aromatic nitrogens is 2. The second-order valence-electron chi connectivity index (χ2n) is 4.35. The number of halogens is 2. The Balaban J connectivity index is 1.69. The fourth-order valence-electron chi connectivity index (χ4n) is 1.81. The lowest BCUT2D eigenvalue weighted by Crippen LogP contribution is -1.99. The smallest absolute Gasteiger partial charge is 0.247 e. The molecule has 0 atom stereocenters. The lowest BCUT2D eigenvalue weighted by atomic mass is 10.2. The predicted molar refractivity (Wildman–Crippen MR) is 86.2 cm³/mol. The largest absolute Gasteiger partial charge is 0.419 e. The summed E-state index contributed by atoms with van der Waals surface area (Å²) in [4.78, 5) is 0. The van der Waals surface area contributed by atoms with Crippen LogP contribution in [-0.4, -0.2) is 10.2 Å². The molecule has 0 fully saturated rings. The van der Waals surface area contributed by atoms with E-state index >= 15 is 0 Å². The van der Waals surface area contributed by atoms with Gasteiger partial charge >= 0.3 is 0 Å². The highest BCUT2D eigenvalue weighted by Gasteiger charge is 2.08. The lowest BCUT2D eigenvalue weighted by Gasteiger charge is -2.04. The van der Waals surface area contributed by atoms with E-state index in [-0.39, 0.29) is 0 Å². The fourth-order valence-corrected chi connectivity index (χ4v) is 2.30. The van der Waals surface area contributed by atoms with Crippen LogP contribution in [-0.2, 0) is 6.54 Å². The van der Waals surface area contributed by atoms with Crippen LogP contribution in [0.3, 0.4) is 0 Å². The van der Waals surface area contributed by atoms with E-state index in [1.165, 1.54) is 0 Å². The number of rotatable bonds is 4. The van der Waals surface area contributed by atoms with Gasteiger partial charge in [0.15, 0.2) is 0 Å². The van der Waals surface area contributed by atoms with Gasteiger partial charge in [0.25, 0.3) is 0 Å². The van der Waals surface area contributed by atoms with Crippen LogP contribution in [0.5, 0.6) is 0 Å². The Morgan fingerprint density at radius 1 is 1.10 bits per heavy atom. The van der Waals surface area contributed by atoms with E-state index in [4.69, 9.17) is 16.0 Å². The molecule has 2 aromatic carbocycles. The third kappa shape index (κ3) is 3.43. The van der Waals surface area contributed by atoms with Gasteiger partial charge in [-0.15, -0.1) is 10.2 Å². The second-order valence-corrected chi connectivity index (χ2v) is 5.61. The van der Waals surface area contributed by atoms with E-state index in [2.05, 4.69) is 31.4 Å². The van der Waals surface area contributed by atoms with Crippen LogP contribution >= 0.6 is 27.5 Å². The maximum absolute atomic E-state index is 5.95. The molecule has 3 rings (SSSR count).